The number of hydrogen-bond donors (Lipinski definition) is 1. The summed E-state index contributed by atoms with van der Waals surface area (Å²) in [6, 6.07) is 14.9. The third-order valence-corrected chi connectivity index (χ3v) is 4.37. The van der Waals surface area contributed by atoms with Gasteiger partial charge in [-0.05, 0) is 50.2 Å². The number of esters is 1. The van der Waals surface area contributed by atoms with Gasteiger partial charge in [0.1, 0.15) is 5.82 Å². The van der Waals surface area contributed by atoms with Crippen LogP contribution in [0, 0.1) is 5.82 Å². The van der Waals surface area contributed by atoms with E-state index in [9.17, 15) is 14.0 Å². The van der Waals surface area contributed by atoms with Crippen molar-refractivity contribution in [2.24, 2.45) is 0 Å². The zero-order valence-electron chi connectivity index (χ0n) is 16.0. The van der Waals surface area contributed by atoms with Gasteiger partial charge >= 0.3 is 5.97 Å². The van der Waals surface area contributed by atoms with Crippen LogP contribution >= 0.6 is 0 Å². The number of aromatic nitrogens is 1. The maximum absolute atomic E-state index is 13.3. The number of nitrogens with one attached hydrogen (secondary N) is 1. The lowest BCUT2D eigenvalue weighted by molar-refractivity contribution is -0.141. The van der Waals surface area contributed by atoms with Gasteiger partial charge in [0.2, 0.25) is 0 Å². The molecule has 6 heteroatoms. The lowest BCUT2D eigenvalue weighted by Crippen LogP contribution is -2.45. The van der Waals surface area contributed by atoms with E-state index in [1.54, 1.807) is 32.0 Å². The van der Waals surface area contributed by atoms with Crippen molar-refractivity contribution in [1.82, 2.24) is 10.3 Å². The number of para-hydroxylation sites is 1. The lowest BCUT2D eigenvalue weighted by Gasteiger charge is -2.25. The molecule has 0 unspecified atom stereocenters. The van der Waals surface area contributed by atoms with Gasteiger partial charge in [0, 0.05) is 16.5 Å². The van der Waals surface area contributed by atoms with E-state index in [-0.39, 0.29) is 18.1 Å². The Balaban J connectivity index is 2.02. The van der Waals surface area contributed by atoms with Crippen LogP contribution in [0.4, 0.5) is 4.39 Å². The minimum absolute atomic E-state index is 0.0447. The predicted octanol–water partition coefficient (Wildman–Crippen LogP) is 4.11. The molecule has 0 spiro atoms. The molecular weight excluding hydrogens is 359 g/mol. The summed E-state index contributed by atoms with van der Waals surface area (Å²) >= 11 is 0. The second-order valence-electron chi connectivity index (χ2n) is 7.17. The van der Waals surface area contributed by atoms with Crippen molar-refractivity contribution in [1.29, 1.82) is 0 Å². The molecule has 1 heterocycles. The molecule has 144 valence electrons. The molecular formula is C22H21FN2O3. The van der Waals surface area contributed by atoms with E-state index in [1.807, 2.05) is 24.3 Å². The van der Waals surface area contributed by atoms with Crippen molar-refractivity contribution in [3.05, 3.63) is 66.0 Å². The number of methoxy groups -OCH3 is 1. The summed E-state index contributed by atoms with van der Waals surface area (Å²) in [5.41, 5.74) is 1.57. The van der Waals surface area contributed by atoms with Gasteiger partial charge in [-0.3, -0.25) is 9.59 Å². The molecule has 28 heavy (non-hydrogen) atoms. The fourth-order valence-corrected chi connectivity index (χ4v) is 2.98. The third-order valence-electron chi connectivity index (χ3n) is 4.37. The number of halogens is 1. The first-order chi connectivity index (χ1) is 13.3. The van der Waals surface area contributed by atoms with Gasteiger partial charge in [-0.15, -0.1) is 0 Å². The average molecular weight is 380 g/mol. The average Bonchev–Trinajstić information content (AvgIpc) is 2.66. The molecule has 0 aliphatic rings. The summed E-state index contributed by atoms with van der Waals surface area (Å²) in [7, 11) is 1.31. The number of hydrogen-bond acceptors (Lipinski definition) is 4. The van der Waals surface area contributed by atoms with E-state index >= 15 is 0 Å². The summed E-state index contributed by atoms with van der Waals surface area (Å²) in [5, 5.41) is 3.58. The van der Waals surface area contributed by atoms with Crippen LogP contribution < -0.4 is 5.32 Å². The first-order valence-corrected chi connectivity index (χ1v) is 8.84. The van der Waals surface area contributed by atoms with Gasteiger partial charge in [-0.2, -0.15) is 0 Å². The van der Waals surface area contributed by atoms with Crippen molar-refractivity contribution in [3.8, 4) is 11.3 Å². The number of nitrogens with zero attached hydrogens (tertiary/aromatic N) is 1. The first-order valence-electron chi connectivity index (χ1n) is 8.84. The molecule has 2 aromatic carbocycles. The second-order valence-corrected chi connectivity index (χ2v) is 7.17. The number of benzene rings is 2. The van der Waals surface area contributed by atoms with Crippen molar-refractivity contribution >= 4 is 22.8 Å². The Morgan fingerprint density at radius 2 is 1.79 bits per heavy atom. The number of carbonyl (C=O) groups excluding carboxylic acids is 2. The monoisotopic (exact) mass is 380 g/mol. The van der Waals surface area contributed by atoms with Gasteiger partial charge in [-0.1, -0.05) is 18.2 Å². The highest BCUT2D eigenvalue weighted by atomic mass is 19.1. The zero-order chi connectivity index (χ0) is 20.3. The fourth-order valence-electron chi connectivity index (χ4n) is 2.98. The quantitative estimate of drug-likeness (QED) is 0.677. The molecule has 1 amide bonds. The number of amides is 1. The van der Waals surface area contributed by atoms with Crippen molar-refractivity contribution in [3.63, 3.8) is 0 Å². The number of pyridine rings is 1. The summed E-state index contributed by atoms with van der Waals surface area (Å²) in [5.74, 6) is -1.07. The van der Waals surface area contributed by atoms with Crippen molar-refractivity contribution in [2.75, 3.05) is 7.11 Å². The number of carbonyl (C=O) groups is 2. The summed E-state index contributed by atoms with van der Waals surface area (Å²) in [6.07, 6.45) is 0.0447. The highest BCUT2D eigenvalue weighted by Crippen LogP contribution is 2.26. The predicted molar refractivity (Wildman–Crippen MR) is 105 cm³/mol. The minimum Gasteiger partial charge on any atom is -0.469 e. The molecule has 0 saturated carbocycles. The van der Waals surface area contributed by atoms with Crippen LogP contribution in [-0.2, 0) is 9.53 Å². The van der Waals surface area contributed by atoms with Gasteiger partial charge in [0.25, 0.3) is 5.91 Å². The van der Waals surface area contributed by atoms with Gasteiger partial charge in [-0.25, -0.2) is 9.37 Å². The van der Waals surface area contributed by atoms with Crippen LogP contribution in [0.15, 0.2) is 54.6 Å². The Morgan fingerprint density at radius 3 is 2.46 bits per heavy atom. The maximum atomic E-state index is 13.3. The number of fused-ring (bicyclic) bond motifs is 1. The summed E-state index contributed by atoms with van der Waals surface area (Å²) in [4.78, 5) is 29.2. The normalized spacial score (nSPS) is 11.3. The summed E-state index contributed by atoms with van der Waals surface area (Å²) in [6.45, 7) is 3.51. The summed E-state index contributed by atoms with van der Waals surface area (Å²) < 4.78 is 18.0. The third kappa shape index (κ3) is 4.34. The zero-order valence-corrected chi connectivity index (χ0v) is 16.0. The van der Waals surface area contributed by atoms with Crippen LogP contribution in [0.2, 0.25) is 0 Å². The molecule has 1 N–H and O–H groups in total. The number of ether oxygens (including phenoxy) is 1. The van der Waals surface area contributed by atoms with E-state index in [0.29, 0.717) is 27.7 Å². The smallest absolute Gasteiger partial charge is 0.307 e. The minimum atomic E-state index is -0.787. The molecule has 0 bridgehead atoms. The van der Waals surface area contributed by atoms with E-state index in [2.05, 4.69) is 10.3 Å². The Morgan fingerprint density at radius 1 is 1.11 bits per heavy atom. The second kappa shape index (κ2) is 7.76. The highest BCUT2D eigenvalue weighted by molar-refractivity contribution is 6.07. The van der Waals surface area contributed by atoms with Crippen LogP contribution in [0.3, 0.4) is 0 Å². The van der Waals surface area contributed by atoms with E-state index in [0.717, 1.165) is 0 Å². The molecule has 0 fully saturated rings. The SMILES string of the molecule is COC(=O)CC(C)(C)NC(=O)c1cc(-c2ccc(F)cc2)nc2ccccc12. The standard InChI is InChI=1S/C22H21FN2O3/c1-22(2,13-20(26)28-3)25-21(27)17-12-19(14-8-10-15(23)11-9-14)24-18-7-5-4-6-16(17)18/h4-12H,13H2,1-3H3,(H,25,27). The molecule has 1 aromatic heterocycles. The van der Waals surface area contributed by atoms with E-state index in [4.69, 9.17) is 4.74 Å². The topological polar surface area (TPSA) is 68.3 Å². The first kappa shape index (κ1) is 19.5. The van der Waals surface area contributed by atoms with Crippen LogP contribution in [0.25, 0.3) is 22.2 Å². The van der Waals surface area contributed by atoms with Gasteiger partial charge in [0.05, 0.1) is 30.3 Å². The molecule has 0 aliphatic heterocycles. The van der Waals surface area contributed by atoms with E-state index in [1.165, 1.54) is 19.2 Å². The van der Waals surface area contributed by atoms with Crippen LogP contribution in [-0.4, -0.2) is 29.5 Å². The molecule has 3 rings (SSSR count). The fraction of sp³-hybridized carbons (Fsp3) is 0.227. The van der Waals surface area contributed by atoms with Crippen molar-refractivity contribution in [2.45, 2.75) is 25.8 Å². The highest BCUT2D eigenvalue weighted by Gasteiger charge is 2.26. The van der Waals surface area contributed by atoms with Gasteiger partial charge < -0.3 is 10.1 Å². The maximum Gasteiger partial charge on any atom is 0.307 e. The molecule has 0 radical (unpaired) electrons. The Kier molecular flexibility index (Phi) is 5.40. The van der Waals surface area contributed by atoms with Crippen LogP contribution in [0.5, 0.6) is 0 Å². The van der Waals surface area contributed by atoms with Gasteiger partial charge in [0.15, 0.2) is 0 Å². The molecule has 5 nitrogen and oxygen atoms in total. The largest absolute Gasteiger partial charge is 0.469 e. The Labute approximate surface area is 162 Å². The van der Waals surface area contributed by atoms with Crippen molar-refractivity contribution < 1.29 is 18.7 Å². The molecule has 0 saturated heterocycles. The molecule has 0 aliphatic carbocycles. The lowest BCUT2D eigenvalue weighted by atomic mass is 9.98. The molecule has 0 atom stereocenters. The molecule has 3 aromatic rings. The van der Waals surface area contributed by atoms with E-state index < -0.39 is 11.5 Å². The Bertz CT molecular complexity index is 1030. The Hall–Kier alpha value is -3.28. The van der Waals surface area contributed by atoms with Crippen LogP contribution in [0.1, 0.15) is 30.6 Å². The number of rotatable bonds is 5.